The summed E-state index contributed by atoms with van der Waals surface area (Å²) < 4.78 is 17.3. The normalized spacial score (nSPS) is 11.1. The third kappa shape index (κ3) is 6.55. The molecule has 3 aromatic heterocycles. The van der Waals surface area contributed by atoms with Crippen LogP contribution in [0, 0.1) is 5.82 Å². The van der Waals surface area contributed by atoms with Crippen molar-refractivity contribution < 1.29 is 23.9 Å². The number of aliphatic hydroxyl groups is 1. The molecule has 4 rings (SSSR count). The van der Waals surface area contributed by atoms with E-state index in [4.69, 9.17) is 10.1 Å². The van der Waals surface area contributed by atoms with Gasteiger partial charge in [0.15, 0.2) is 5.82 Å². The molecule has 0 aliphatic rings. The van der Waals surface area contributed by atoms with Crippen molar-refractivity contribution in [3.8, 4) is 34.0 Å². The Morgan fingerprint density at radius 1 is 1.09 bits per heavy atom. The average molecular weight is 482 g/mol. The Labute approximate surface area is 202 Å². The molecule has 35 heavy (non-hydrogen) atoms. The van der Waals surface area contributed by atoms with Gasteiger partial charge < -0.3 is 24.1 Å². The minimum absolute atomic E-state index is 0.281. The molecule has 0 bridgehead atoms. The van der Waals surface area contributed by atoms with Crippen molar-refractivity contribution in [1.82, 2.24) is 29.5 Å². The molecule has 0 spiro atoms. The molecule has 0 saturated carbocycles. The number of aromatic nitrogens is 6. The van der Waals surface area contributed by atoms with Gasteiger partial charge in [-0.15, -0.1) is 5.10 Å². The molecule has 1 aromatic carbocycles. The summed E-state index contributed by atoms with van der Waals surface area (Å²) in [6.07, 6.45) is 4.77. The van der Waals surface area contributed by atoms with Gasteiger partial charge in [-0.3, -0.25) is 4.98 Å². The van der Waals surface area contributed by atoms with E-state index in [-0.39, 0.29) is 12.4 Å². The summed E-state index contributed by atoms with van der Waals surface area (Å²) in [7, 11) is 7.96. The van der Waals surface area contributed by atoms with Crippen molar-refractivity contribution in [2.45, 2.75) is 6.54 Å². The second-order valence-corrected chi connectivity index (χ2v) is 8.82. The molecule has 184 valence electrons. The molecule has 0 unspecified atom stereocenters. The highest BCUT2D eigenvalue weighted by Gasteiger charge is 2.21. The smallest absolute Gasteiger partial charge is 0.160 e. The first-order chi connectivity index (χ1) is 16.6. The number of carboxylic acids is 1. The lowest BCUT2D eigenvalue weighted by molar-refractivity contribution is -0.870. The summed E-state index contributed by atoms with van der Waals surface area (Å²) >= 11 is 0. The van der Waals surface area contributed by atoms with Crippen molar-refractivity contribution >= 4 is 5.97 Å². The molecule has 0 aliphatic carbocycles. The summed E-state index contributed by atoms with van der Waals surface area (Å²) in [5, 5.41) is 27.0. The first kappa shape index (κ1) is 25.7. The Hall–Kier alpha value is -3.96. The topological polar surface area (TPSA) is 122 Å². The number of pyridine rings is 1. The first-order valence-electron chi connectivity index (χ1n) is 10.8. The number of carboxylic acid groups (broad SMARTS) is 1. The number of quaternary nitrogens is 1. The SMILES string of the molecule is C[N+](C)(C)CCO.Cn1c(-c2cnnn2CC(=O)[O-])nc(-c2ccc(F)cc2)c1-c1ccncc1. The lowest BCUT2D eigenvalue weighted by Crippen LogP contribution is -2.36. The Morgan fingerprint density at radius 2 is 1.74 bits per heavy atom. The van der Waals surface area contributed by atoms with E-state index in [1.165, 1.54) is 23.0 Å². The van der Waals surface area contributed by atoms with Crippen LogP contribution in [0.3, 0.4) is 0 Å². The van der Waals surface area contributed by atoms with E-state index in [2.05, 4.69) is 36.4 Å². The zero-order valence-electron chi connectivity index (χ0n) is 20.1. The van der Waals surface area contributed by atoms with Gasteiger partial charge in [-0.2, -0.15) is 0 Å². The molecule has 0 atom stereocenters. The average Bonchev–Trinajstić information content (AvgIpc) is 3.38. The highest BCUT2D eigenvalue weighted by Crippen LogP contribution is 2.35. The zero-order chi connectivity index (χ0) is 25.6. The maximum atomic E-state index is 13.4. The van der Waals surface area contributed by atoms with E-state index < -0.39 is 12.5 Å². The second-order valence-electron chi connectivity index (χ2n) is 8.82. The van der Waals surface area contributed by atoms with Crippen LogP contribution in [-0.4, -0.2) is 79.4 Å². The largest absolute Gasteiger partial charge is 0.548 e. The lowest BCUT2D eigenvalue weighted by Gasteiger charge is -2.21. The van der Waals surface area contributed by atoms with Crippen LogP contribution < -0.4 is 5.11 Å². The van der Waals surface area contributed by atoms with Gasteiger partial charge in [0.2, 0.25) is 0 Å². The molecule has 10 nitrogen and oxygen atoms in total. The van der Waals surface area contributed by atoms with Crippen LogP contribution in [0.15, 0.2) is 55.0 Å². The molecule has 0 fully saturated rings. The molecule has 1 N–H and O–H groups in total. The van der Waals surface area contributed by atoms with Crippen molar-refractivity contribution in [3.63, 3.8) is 0 Å². The number of nitrogens with zero attached hydrogens (tertiary/aromatic N) is 7. The Kier molecular flexibility index (Phi) is 8.05. The van der Waals surface area contributed by atoms with Gasteiger partial charge in [-0.05, 0) is 36.4 Å². The van der Waals surface area contributed by atoms with Gasteiger partial charge >= 0.3 is 0 Å². The van der Waals surface area contributed by atoms with Crippen LogP contribution in [0.25, 0.3) is 34.0 Å². The van der Waals surface area contributed by atoms with Gasteiger partial charge in [-0.1, -0.05) is 5.21 Å². The van der Waals surface area contributed by atoms with E-state index in [1.54, 1.807) is 24.5 Å². The minimum Gasteiger partial charge on any atom is -0.548 e. The molecule has 0 amide bonds. The molecule has 3 heterocycles. The van der Waals surface area contributed by atoms with Crippen molar-refractivity contribution in [3.05, 3.63) is 60.8 Å². The predicted molar refractivity (Wildman–Crippen MR) is 126 cm³/mol. The van der Waals surface area contributed by atoms with Crippen LogP contribution in [0.2, 0.25) is 0 Å². The standard InChI is InChI=1S/C19H15FN6O2.C5H14NO/c1-25-18(13-6-8-21-9-7-13)17(12-2-4-14(20)5-3-12)23-19(25)15-10-22-24-26(15)11-16(27)28;1-6(2,3)4-5-7/h2-10H,11H2,1H3,(H,27,28);7H,4-5H2,1-3H3/q;+1/p-1. The van der Waals surface area contributed by atoms with E-state index >= 15 is 0 Å². The summed E-state index contributed by atoms with van der Waals surface area (Å²) in [6, 6.07) is 9.69. The number of carbonyl (C=O) groups is 1. The minimum atomic E-state index is -1.28. The van der Waals surface area contributed by atoms with Gasteiger partial charge in [-0.25, -0.2) is 14.1 Å². The Morgan fingerprint density at radius 3 is 2.29 bits per heavy atom. The van der Waals surface area contributed by atoms with Gasteiger partial charge in [0.05, 0.1) is 57.8 Å². The summed E-state index contributed by atoms with van der Waals surface area (Å²) in [5.41, 5.74) is 3.38. The Balaban J connectivity index is 0.000000429. The number of hydrogen-bond acceptors (Lipinski definition) is 7. The van der Waals surface area contributed by atoms with Crippen molar-refractivity contribution in [2.24, 2.45) is 7.05 Å². The fourth-order valence-corrected chi connectivity index (χ4v) is 3.35. The van der Waals surface area contributed by atoms with Crippen LogP contribution in [0.1, 0.15) is 0 Å². The predicted octanol–water partition coefficient (Wildman–Crippen LogP) is 0.982. The summed E-state index contributed by atoms with van der Waals surface area (Å²) in [4.78, 5) is 19.8. The molecule has 0 saturated heterocycles. The number of imidazole rings is 1. The maximum Gasteiger partial charge on any atom is 0.160 e. The maximum absolute atomic E-state index is 13.4. The molecule has 0 aliphatic heterocycles. The summed E-state index contributed by atoms with van der Waals surface area (Å²) in [6.45, 7) is 0.669. The quantitative estimate of drug-likeness (QED) is 0.391. The molecule has 4 aromatic rings. The van der Waals surface area contributed by atoms with Gasteiger partial charge in [0.25, 0.3) is 0 Å². The van der Waals surface area contributed by atoms with E-state index in [0.717, 1.165) is 22.3 Å². The Bertz CT molecular complexity index is 1260. The molecule has 0 radical (unpaired) electrons. The number of benzene rings is 1. The zero-order valence-corrected chi connectivity index (χ0v) is 20.1. The first-order valence-corrected chi connectivity index (χ1v) is 10.8. The molecular formula is C24H28FN7O3. The van der Waals surface area contributed by atoms with Gasteiger partial charge in [0, 0.05) is 30.6 Å². The fourth-order valence-electron chi connectivity index (χ4n) is 3.35. The third-order valence-corrected chi connectivity index (χ3v) is 5.06. The van der Waals surface area contributed by atoms with Gasteiger partial charge in [0.1, 0.15) is 18.1 Å². The lowest BCUT2D eigenvalue weighted by atomic mass is 10.1. The van der Waals surface area contributed by atoms with E-state index in [1.807, 2.05) is 23.7 Å². The van der Waals surface area contributed by atoms with Crippen LogP contribution in [-0.2, 0) is 18.4 Å². The number of likely N-dealkylation sites (N-methyl/N-ethyl adjacent to an activating group) is 1. The number of rotatable bonds is 7. The number of aliphatic carboxylic acids is 1. The fraction of sp³-hybridized carbons (Fsp3) is 0.292. The van der Waals surface area contributed by atoms with Crippen molar-refractivity contribution in [1.29, 1.82) is 0 Å². The second kappa shape index (κ2) is 11.0. The third-order valence-electron chi connectivity index (χ3n) is 5.06. The monoisotopic (exact) mass is 481 g/mol. The number of hydrogen-bond donors (Lipinski definition) is 1. The van der Waals surface area contributed by atoms with Crippen molar-refractivity contribution in [2.75, 3.05) is 34.3 Å². The molecular weight excluding hydrogens is 453 g/mol. The van der Waals surface area contributed by atoms with Crippen LogP contribution >= 0.6 is 0 Å². The van der Waals surface area contributed by atoms with Crippen LogP contribution in [0.4, 0.5) is 4.39 Å². The highest BCUT2D eigenvalue weighted by atomic mass is 19.1. The van der Waals surface area contributed by atoms with Crippen LogP contribution in [0.5, 0.6) is 0 Å². The van der Waals surface area contributed by atoms with E-state index in [0.29, 0.717) is 22.8 Å². The molecule has 11 heteroatoms. The summed E-state index contributed by atoms with van der Waals surface area (Å²) in [5.74, 6) is -1.16. The highest BCUT2D eigenvalue weighted by molar-refractivity contribution is 5.81. The number of halogens is 1. The van der Waals surface area contributed by atoms with E-state index in [9.17, 15) is 14.3 Å². The number of aliphatic hydroxyl groups excluding tert-OH is 1. The number of carbonyl (C=O) groups excluding carboxylic acids is 1.